The molecule has 0 aliphatic rings. The molecule has 10 heteroatoms. The van der Waals surface area contributed by atoms with Crippen molar-refractivity contribution >= 4 is 5.78 Å². The van der Waals surface area contributed by atoms with Crippen LogP contribution in [0.5, 0.6) is 0 Å². The number of nitro groups is 2. The molecule has 0 aliphatic carbocycles. The number of aliphatic hydroxyl groups is 3. The number of Topliss-reactive ketones (excluding diaryl/α,β-unsaturated/α-hetero) is 1. The molecule has 10 nitrogen and oxygen atoms in total. The highest BCUT2D eigenvalue weighted by molar-refractivity contribution is 5.81. The fourth-order valence-electron chi connectivity index (χ4n) is 0.790. The van der Waals surface area contributed by atoms with E-state index in [-0.39, 0.29) is 0 Å². The van der Waals surface area contributed by atoms with Crippen LogP contribution in [0.3, 0.4) is 0 Å². The second kappa shape index (κ2) is 4.25. The predicted octanol–water partition coefficient (Wildman–Crippen LogP) is -2.50. The molecular formula is C5H8N2O8. The van der Waals surface area contributed by atoms with Crippen molar-refractivity contribution in [1.29, 1.82) is 0 Å². The van der Waals surface area contributed by atoms with Gasteiger partial charge in [-0.3, -0.25) is 25.0 Å². The molecule has 15 heavy (non-hydrogen) atoms. The van der Waals surface area contributed by atoms with Gasteiger partial charge < -0.3 is 15.3 Å². The maximum absolute atomic E-state index is 10.6. The van der Waals surface area contributed by atoms with Gasteiger partial charge in [-0.05, 0) is 6.92 Å². The Labute approximate surface area is 82.0 Å². The molecule has 0 fully saturated rings. The third-order valence-corrected chi connectivity index (χ3v) is 1.66. The Morgan fingerprint density at radius 2 is 1.73 bits per heavy atom. The van der Waals surface area contributed by atoms with Crippen molar-refractivity contribution in [1.82, 2.24) is 0 Å². The highest BCUT2D eigenvalue weighted by atomic mass is 16.7. The van der Waals surface area contributed by atoms with Crippen molar-refractivity contribution in [2.45, 2.75) is 25.0 Å². The molecule has 0 bridgehead atoms. The van der Waals surface area contributed by atoms with E-state index in [1.807, 2.05) is 0 Å². The van der Waals surface area contributed by atoms with Gasteiger partial charge in [0.05, 0.1) is 9.85 Å². The minimum Gasteiger partial charge on any atom is -0.376 e. The third-order valence-electron chi connectivity index (χ3n) is 1.66. The van der Waals surface area contributed by atoms with Crippen LogP contribution in [0.25, 0.3) is 0 Å². The topological polar surface area (TPSA) is 164 Å². The van der Waals surface area contributed by atoms with Gasteiger partial charge in [-0.2, -0.15) is 0 Å². The Morgan fingerprint density at radius 1 is 1.33 bits per heavy atom. The quantitative estimate of drug-likeness (QED) is 0.262. The van der Waals surface area contributed by atoms with Gasteiger partial charge in [0.2, 0.25) is 6.10 Å². The summed E-state index contributed by atoms with van der Waals surface area (Å²) in [4.78, 5) is 27.6. The van der Waals surface area contributed by atoms with Crippen molar-refractivity contribution in [3.05, 3.63) is 20.2 Å². The minimum absolute atomic E-state index is 0.672. The summed E-state index contributed by atoms with van der Waals surface area (Å²) >= 11 is 0. The van der Waals surface area contributed by atoms with E-state index in [9.17, 15) is 25.0 Å². The van der Waals surface area contributed by atoms with Crippen LogP contribution >= 0.6 is 0 Å². The lowest BCUT2D eigenvalue weighted by atomic mass is 10.0. The van der Waals surface area contributed by atoms with Crippen LogP contribution in [0.4, 0.5) is 0 Å². The molecule has 0 aliphatic heterocycles. The minimum atomic E-state index is -3.75. The van der Waals surface area contributed by atoms with E-state index in [4.69, 9.17) is 15.3 Å². The molecule has 3 N–H and O–H groups in total. The van der Waals surface area contributed by atoms with Crippen molar-refractivity contribution in [2.75, 3.05) is 0 Å². The second-order valence-corrected chi connectivity index (χ2v) is 2.71. The molecule has 0 amide bonds. The molecule has 3 unspecified atom stereocenters. The first-order valence-corrected chi connectivity index (χ1v) is 3.52. The van der Waals surface area contributed by atoms with Crippen LogP contribution in [0.2, 0.25) is 0 Å². The molecule has 0 spiro atoms. The number of rotatable bonds is 5. The van der Waals surface area contributed by atoms with Crippen molar-refractivity contribution < 1.29 is 30.0 Å². The van der Waals surface area contributed by atoms with Crippen molar-refractivity contribution in [2.24, 2.45) is 0 Å². The first-order chi connectivity index (χ1) is 6.65. The van der Waals surface area contributed by atoms with Gasteiger partial charge in [-0.1, -0.05) is 0 Å². The van der Waals surface area contributed by atoms with Crippen molar-refractivity contribution in [3.8, 4) is 0 Å². The van der Waals surface area contributed by atoms with Crippen molar-refractivity contribution in [3.63, 3.8) is 0 Å². The first-order valence-electron chi connectivity index (χ1n) is 3.52. The Kier molecular flexibility index (Phi) is 3.78. The molecule has 0 rings (SSSR count). The lowest BCUT2D eigenvalue weighted by molar-refractivity contribution is -0.728. The monoisotopic (exact) mass is 224 g/mol. The van der Waals surface area contributed by atoms with E-state index < -0.39 is 33.7 Å². The fourth-order valence-corrected chi connectivity index (χ4v) is 0.790. The molecule has 0 aromatic rings. The highest BCUT2D eigenvalue weighted by Crippen LogP contribution is 2.18. The molecule has 0 heterocycles. The van der Waals surface area contributed by atoms with Gasteiger partial charge in [0, 0.05) is 0 Å². The summed E-state index contributed by atoms with van der Waals surface area (Å²) in [6.07, 6.45) is -5.79. The average molecular weight is 224 g/mol. The lowest BCUT2D eigenvalue weighted by Crippen LogP contribution is -2.62. The normalized spacial score (nSPS) is 18.7. The number of aliphatic hydroxyl groups excluding tert-OH is 2. The van der Waals surface area contributed by atoms with E-state index in [2.05, 4.69) is 0 Å². The largest absolute Gasteiger partial charge is 0.448 e. The number of nitrogens with zero attached hydrogens (tertiary/aromatic N) is 2. The number of ketones is 1. The Morgan fingerprint density at radius 3 is 1.93 bits per heavy atom. The third kappa shape index (κ3) is 2.23. The van der Waals surface area contributed by atoms with Crippen LogP contribution in [-0.2, 0) is 4.79 Å². The number of hydrogen-bond acceptors (Lipinski definition) is 8. The smallest absolute Gasteiger partial charge is 0.376 e. The maximum Gasteiger partial charge on any atom is 0.448 e. The molecule has 3 atom stereocenters. The maximum atomic E-state index is 10.6. The van der Waals surface area contributed by atoms with E-state index in [0.29, 0.717) is 6.92 Å². The Bertz CT molecular complexity index is 281. The molecule has 0 aromatic carbocycles. The van der Waals surface area contributed by atoms with Gasteiger partial charge in [0.25, 0.3) is 0 Å². The predicted molar refractivity (Wildman–Crippen MR) is 41.6 cm³/mol. The van der Waals surface area contributed by atoms with Crippen LogP contribution in [-0.4, -0.2) is 49.0 Å². The Hall–Kier alpha value is -1.65. The summed E-state index contributed by atoms with van der Waals surface area (Å²) in [5, 5.41) is 47.1. The number of hydrogen-bond donors (Lipinski definition) is 3. The average Bonchev–Trinajstić information content (AvgIpc) is 2.13. The van der Waals surface area contributed by atoms with Gasteiger partial charge in [0.1, 0.15) is 0 Å². The zero-order valence-electron chi connectivity index (χ0n) is 7.43. The zero-order chi connectivity index (χ0) is 12.4. The van der Waals surface area contributed by atoms with Gasteiger partial charge in [-0.25, -0.2) is 0 Å². The molecule has 86 valence electrons. The zero-order valence-corrected chi connectivity index (χ0v) is 7.43. The van der Waals surface area contributed by atoms with Gasteiger partial charge >= 0.3 is 12.0 Å². The van der Waals surface area contributed by atoms with E-state index in [0.717, 1.165) is 0 Å². The summed E-state index contributed by atoms with van der Waals surface area (Å²) in [7, 11) is 0. The summed E-state index contributed by atoms with van der Waals surface area (Å²) in [6.45, 7) is 0.672. The standard InChI is InChI=1S/C5H8N2O8/c1-2(8)3(9)5(11,7(14)15)4(10)6(12)13/h3-4,9-11H,1H3. The van der Waals surface area contributed by atoms with E-state index in [1.54, 1.807) is 0 Å². The number of carbonyl (C=O) groups is 1. The molecule has 0 aromatic heterocycles. The second-order valence-electron chi connectivity index (χ2n) is 2.71. The van der Waals surface area contributed by atoms with Gasteiger partial charge in [-0.15, -0.1) is 0 Å². The first kappa shape index (κ1) is 13.4. The van der Waals surface area contributed by atoms with Crippen LogP contribution in [0.15, 0.2) is 0 Å². The summed E-state index contributed by atoms with van der Waals surface area (Å²) < 4.78 is 0. The summed E-state index contributed by atoms with van der Waals surface area (Å²) in [5.74, 6) is -1.28. The molecular weight excluding hydrogens is 216 g/mol. The van der Waals surface area contributed by atoms with E-state index >= 15 is 0 Å². The highest BCUT2D eigenvalue weighted by Gasteiger charge is 2.64. The van der Waals surface area contributed by atoms with E-state index in [1.165, 1.54) is 0 Å². The summed E-state index contributed by atoms with van der Waals surface area (Å²) in [5.41, 5.74) is -3.75. The lowest BCUT2D eigenvalue weighted by Gasteiger charge is -2.21. The number of carbonyl (C=O) groups excluding carboxylic acids is 1. The fraction of sp³-hybridized carbons (Fsp3) is 0.800. The molecule has 0 saturated heterocycles. The van der Waals surface area contributed by atoms with Crippen LogP contribution < -0.4 is 0 Å². The Balaban J connectivity index is 5.33. The van der Waals surface area contributed by atoms with Crippen LogP contribution in [0.1, 0.15) is 6.92 Å². The van der Waals surface area contributed by atoms with Crippen LogP contribution in [0, 0.1) is 20.2 Å². The molecule has 0 radical (unpaired) electrons. The van der Waals surface area contributed by atoms with Gasteiger partial charge in [0.15, 0.2) is 5.78 Å². The summed E-state index contributed by atoms with van der Waals surface area (Å²) in [6, 6.07) is 0. The molecule has 0 saturated carbocycles. The SMILES string of the molecule is CC(=O)C(O)C(O)(C(O)[N+](=O)[O-])[N+](=O)[O-].